The van der Waals surface area contributed by atoms with Crippen LogP contribution in [0.15, 0.2) is 66.2 Å². The van der Waals surface area contributed by atoms with Crippen LogP contribution in [-0.2, 0) is 7.05 Å². The quantitative estimate of drug-likeness (QED) is 0.537. The molecule has 0 bridgehead atoms. The fourth-order valence-corrected chi connectivity index (χ4v) is 2.35. The molecule has 3 rings (SSSR count). The van der Waals surface area contributed by atoms with Crippen LogP contribution in [0.2, 0.25) is 0 Å². The van der Waals surface area contributed by atoms with Gasteiger partial charge in [0.2, 0.25) is 0 Å². The van der Waals surface area contributed by atoms with Crippen molar-refractivity contribution in [1.82, 2.24) is 20.2 Å². The van der Waals surface area contributed by atoms with Crippen LogP contribution in [-0.4, -0.2) is 32.3 Å². The van der Waals surface area contributed by atoms with Crippen molar-refractivity contribution in [2.45, 2.75) is 6.92 Å². The van der Waals surface area contributed by atoms with Gasteiger partial charge in [-0.25, -0.2) is 5.43 Å². The van der Waals surface area contributed by atoms with E-state index >= 15 is 0 Å². The first-order chi connectivity index (χ1) is 13.0. The molecule has 8 nitrogen and oxygen atoms in total. The van der Waals surface area contributed by atoms with E-state index in [1.807, 2.05) is 12.1 Å². The molecular weight excluding hydrogens is 344 g/mol. The predicted molar refractivity (Wildman–Crippen MR) is 102 cm³/mol. The number of hydrazone groups is 1. The van der Waals surface area contributed by atoms with Gasteiger partial charge in [0.05, 0.1) is 11.3 Å². The highest BCUT2D eigenvalue weighted by Gasteiger charge is 2.10. The summed E-state index contributed by atoms with van der Waals surface area (Å²) in [5.74, 6) is -0.570. The molecule has 0 radical (unpaired) electrons. The number of carbonyl (C=O) groups excluding carboxylic acids is 2. The van der Waals surface area contributed by atoms with E-state index in [2.05, 4.69) is 25.9 Å². The van der Waals surface area contributed by atoms with Gasteiger partial charge in [0.15, 0.2) is 0 Å². The van der Waals surface area contributed by atoms with Crippen molar-refractivity contribution in [2.75, 3.05) is 5.32 Å². The maximum atomic E-state index is 12.2. The Morgan fingerprint density at radius 2 is 1.78 bits per heavy atom. The van der Waals surface area contributed by atoms with E-state index in [9.17, 15) is 9.59 Å². The Labute approximate surface area is 155 Å². The van der Waals surface area contributed by atoms with Crippen molar-refractivity contribution in [3.63, 3.8) is 0 Å². The summed E-state index contributed by atoms with van der Waals surface area (Å²) in [6.45, 7) is 1.78. The smallest absolute Gasteiger partial charge is 0.273 e. The van der Waals surface area contributed by atoms with Crippen LogP contribution in [0, 0.1) is 0 Å². The Morgan fingerprint density at radius 3 is 2.41 bits per heavy atom. The monoisotopic (exact) mass is 362 g/mol. The van der Waals surface area contributed by atoms with Crippen molar-refractivity contribution in [3.8, 4) is 0 Å². The van der Waals surface area contributed by atoms with Crippen molar-refractivity contribution >= 4 is 23.2 Å². The third-order valence-electron chi connectivity index (χ3n) is 3.86. The molecule has 8 heteroatoms. The van der Waals surface area contributed by atoms with Crippen LogP contribution in [0.25, 0.3) is 0 Å². The summed E-state index contributed by atoms with van der Waals surface area (Å²) < 4.78 is 1.51. The maximum Gasteiger partial charge on any atom is 0.273 e. The Kier molecular flexibility index (Phi) is 5.36. The number of nitrogens with zero attached hydrogens (tertiary/aromatic N) is 4. The summed E-state index contributed by atoms with van der Waals surface area (Å²) in [5, 5.41) is 10.9. The van der Waals surface area contributed by atoms with E-state index in [1.54, 1.807) is 56.7 Å². The van der Waals surface area contributed by atoms with Crippen LogP contribution < -0.4 is 10.7 Å². The highest BCUT2D eigenvalue weighted by atomic mass is 16.2. The molecule has 0 saturated heterocycles. The average molecular weight is 362 g/mol. The second-order valence-electron chi connectivity index (χ2n) is 5.75. The molecule has 3 aromatic rings. The highest BCUT2D eigenvalue weighted by Crippen LogP contribution is 2.12. The number of nitrogens with one attached hydrogen (secondary N) is 2. The molecule has 0 aliphatic carbocycles. The minimum absolute atomic E-state index is 0.239. The lowest BCUT2D eigenvalue weighted by atomic mass is 10.1. The fraction of sp³-hybridized carbons (Fsp3) is 0.105. The zero-order valence-corrected chi connectivity index (χ0v) is 14.9. The van der Waals surface area contributed by atoms with Gasteiger partial charge in [-0.2, -0.15) is 10.2 Å². The molecular formula is C19H18N6O2. The number of aromatic nitrogens is 3. The lowest BCUT2D eigenvalue weighted by Crippen LogP contribution is -2.19. The van der Waals surface area contributed by atoms with Gasteiger partial charge in [-0.05, 0) is 42.8 Å². The summed E-state index contributed by atoms with van der Waals surface area (Å²) >= 11 is 0. The Balaban J connectivity index is 1.63. The normalized spacial score (nSPS) is 11.1. The molecule has 2 amide bonds. The number of rotatable bonds is 5. The molecule has 2 aromatic heterocycles. The summed E-state index contributed by atoms with van der Waals surface area (Å²) in [7, 11) is 1.71. The molecule has 1 aromatic carbocycles. The number of anilines is 1. The lowest BCUT2D eigenvalue weighted by molar-refractivity contribution is 0.0953. The predicted octanol–water partition coefficient (Wildman–Crippen LogP) is 2.22. The Hall–Kier alpha value is -3.81. The van der Waals surface area contributed by atoms with Gasteiger partial charge in [-0.3, -0.25) is 19.3 Å². The third-order valence-corrected chi connectivity index (χ3v) is 3.86. The second-order valence-corrected chi connectivity index (χ2v) is 5.75. The number of amides is 2. The van der Waals surface area contributed by atoms with Crippen LogP contribution in [0.5, 0.6) is 0 Å². The van der Waals surface area contributed by atoms with Crippen LogP contribution in [0.4, 0.5) is 5.69 Å². The zero-order valence-electron chi connectivity index (χ0n) is 14.9. The summed E-state index contributed by atoms with van der Waals surface area (Å²) in [6.07, 6.45) is 4.64. The van der Waals surface area contributed by atoms with E-state index in [4.69, 9.17) is 0 Å². The Morgan fingerprint density at radius 1 is 1.00 bits per heavy atom. The third kappa shape index (κ3) is 4.43. The van der Waals surface area contributed by atoms with E-state index in [1.165, 1.54) is 10.9 Å². The molecule has 0 aliphatic rings. The lowest BCUT2D eigenvalue weighted by Gasteiger charge is -2.07. The van der Waals surface area contributed by atoms with Gasteiger partial charge in [-0.15, -0.1) is 0 Å². The first-order valence-electron chi connectivity index (χ1n) is 8.19. The summed E-state index contributed by atoms with van der Waals surface area (Å²) in [4.78, 5) is 28.1. The van der Waals surface area contributed by atoms with Crippen molar-refractivity contribution in [2.24, 2.45) is 12.1 Å². The van der Waals surface area contributed by atoms with Gasteiger partial charge in [-0.1, -0.05) is 12.1 Å². The van der Waals surface area contributed by atoms with Gasteiger partial charge in [0.1, 0.15) is 5.69 Å². The Bertz CT molecular complexity index is 977. The van der Waals surface area contributed by atoms with Gasteiger partial charge < -0.3 is 5.32 Å². The van der Waals surface area contributed by atoms with Crippen LogP contribution in [0.3, 0.4) is 0 Å². The molecule has 27 heavy (non-hydrogen) atoms. The van der Waals surface area contributed by atoms with Crippen molar-refractivity contribution in [3.05, 3.63) is 77.9 Å². The summed E-state index contributed by atoms with van der Waals surface area (Å²) in [6, 6.07) is 12.2. The average Bonchev–Trinajstić information content (AvgIpc) is 3.13. The SMILES string of the molecule is C/C(=N/NC(=O)c1cccnc1)c1ccc(NC(=O)c2ccnn2C)cc1. The first kappa shape index (κ1) is 18.0. The molecule has 2 N–H and O–H groups in total. The van der Waals surface area contributed by atoms with E-state index in [-0.39, 0.29) is 11.8 Å². The first-order valence-corrected chi connectivity index (χ1v) is 8.19. The number of pyridine rings is 1. The topological polar surface area (TPSA) is 101 Å². The number of aryl methyl sites for hydroxylation is 1. The molecule has 0 atom stereocenters. The minimum Gasteiger partial charge on any atom is -0.321 e. The molecule has 0 spiro atoms. The molecule has 0 fully saturated rings. The molecule has 0 unspecified atom stereocenters. The number of carbonyl (C=O) groups is 2. The fourth-order valence-electron chi connectivity index (χ4n) is 2.35. The largest absolute Gasteiger partial charge is 0.321 e. The van der Waals surface area contributed by atoms with E-state index < -0.39 is 0 Å². The number of hydrogen-bond donors (Lipinski definition) is 2. The van der Waals surface area contributed by atoms with Crippen molar-refractivity contribution < 1.29 is 9.59 Å². The van der Waals surface area contributed by atoms with Crippen LogP contribution in [0.1, 0.15) is 33.3 Å². The molecule has 136 valence electrons. The standard InChI is InChI=1S/C19H18N6O2/c1-13(23-24-18(26)15-4-3-10-20-12-15)14-5-7-16(8-6-14)22-19(27)17-9-11-21-25(17)2/h3-12H,1-2H3,(H,22,27)(H,24,26)/b23-13-. The van der Waals surface area contributed by atoms with Gasteiger partial charge in [0.25, 0.3) is 11.8 Å². The molecule has 2 heterocycles. The molecule has 0 aliphatic heterocycles. The van der Waals surface area contributed by atoms with Gasteiger partial charge >= 0.3 is 0 Å². The van der Waals surface area contributed by atoms with Crippen LogP contribution >= 0.6 is 0 Å². The summed E-state index contributed by atoms with van der Waals surface area (Å²) in [5.41, 5.74) is 5.50. The highest BCUT2D eigenvalue weighted by molar-refractivity contribution is 6.04. The molecule has 0 saturated carbocycles. The second kappa shape index (κ2) is 8.05. The number of hydrogen-bond acceptors (Lipinski definition) is 5. The number of benzene rings is 1. The maximum absolute atomic E-state index is 12.2. The zero-order chi connectivity index (χ0) is 19.2. The minimum atomic E-state index is -0.331. The van der Waals surface area contributed by atoms with Gasteiger partial charge in [0, 0.05) is 31.3 Å². The van der Waals surface area contributed by atoms with Crippen molar-refractivity contribution in [1.29, 1.82) is 0 Å². The van der Waals surface area contributed by atoms with E-state index in [0.717, 1.165) is 5.56 Å². The van der Waals surface area contributed by atoms with E-state index in [0.29, 0.717) is 22.7 Å².